The second-order valence-corrected chi connectivity index (χ2v) is 6.69. The van der Waals surface area contributed by atoms with Gasteiger partial charge in [0.15, 0.2) is 5.96 Å². The maximum atomic E-state index is 12.0. The van der Waals surface area contributed by atoms with E-state index in [4.69, 9.17) is 4.74 Å². The quantitative estimate of drug-likeness (QED) is 0.222. The van der Waals surface area contributed by atoms with E-state index in [1.807, 2.05) is 24.0 Å². The second-order valence-electron chi connectivity index (χ2n) is 6.69. The molecule has 158 valence electrons. The molecule has 1 aliphatic heterocycles. The van der Waals surface area contributed by atoms with Crippen molar-refractivity contribution in [3.05, 3.63) is 29.8 Å². The van der Waals surface area contributed by atoms with Crippen LogP contribution in [0.2, 0.25) is 0 Å². The minimum absolute atomic E-state index is 0. The number of hydrogen-bond donors (Lipinski definition) is 2. The Kier molecular flexibility index (Phi) is 12.9. The van der Waals surface area contributed by atoms with Gasteiger partial charge in [0, 0.05) is 45.0 Å². The molecule has 0 bridgehead atoms. The Hall–Kier alpha value is -1.35. The smallest absolute Gasteiger partial charge is 0.226 e. The van der Waals surface area contributed by atoms with Crippen molar-refractivity contribution >= 4 is 41.5 Å². The van der Waals surface area contributed by atoms with Gasteiger partial charge in [-0.1, -0.05) is 12.1 Å². The van der Waals surface area contributed by atoms with Gasteiger partial charge in [0.1, 0.15) is 0 Å². The molecule has 1 aromatic rings. The third kappa shape index (κ3) is 8.77. The lowest BCUT2D eigenvalue weighted by molar-refractivity contribution is -0.119. The molecule has 2 N–H and O–H groups in total. The molecule has 6 nitrogen and oxygen atoms in total. The highest BCUT2D eigenvalue weighted by atomic mass is 127. The van der Waals surface area contributed by atoms with E-state index in [-0.39, 0.29) is 29.9 Å². The first-order valence-corrected chi connectivity index (χ1v) is 10.2. The summed E-state index contributed by atoms with van der Waals surface area (Å²) < 4.78 is 5.36. The SMILES string of the molecule is CCNC(=NCc1ccc(N2CCCCC2=O)cc1)NCCCCOCC.I. The molecule has 1 heterocycles. The number of piperidine rings is 1. The summed E-state index contributed by atoms with van der Waals surface area (Å²) in [7, 11) is 0. The predicted molar refractivity (Wildman–Crippen MR) is 127 cm³/mol. The largest absolute Gasteiger partial charge is 0.382 e. The van der Waals surface area contributed by atoms with Crippen molar-refractivity contribution in [3.8, 4) is 0 Å². The Labute approximate surface area is 186 Å². The van der Waals surface area contributed by atoms with Crippen molar-refractivity contribution < 1.29 is 9.53 Å². The van der Waals surface area contributed by atoms with Crippen molar-refractivity contribution in [2.75, 3.05) is 37.7 Å². The molecule has 1 fully saturated rings. The van der Waals surface area contributed by atoms with E-state index in [1.54, 1.807) is 0 Å². The van der Waals surface area contributed by atoms with Gasteiger partial charge in [0.05, 0.1) is 6.54 Å². The lowest BCUT2D eigenvalue weighted by Crippen LogP contribution is -2.37. The van der Waals surface area contributed by atoms with Crippen LogP contribution < -0.4 is 15.5 Å². The maximum absolute atomic E-state index is 12.0. The number of rotatable bonds is 10. The van der Waals surface area contributed by atoms with Gasteiger partial charge >= 0.3 is 0 Å². The highest BCUT2D eigenvalue weighted by Gasteiger charge is 2.19. The van der Waals surface area contributed by atoms with Crippen molar-refractivity contribution in [2.45, 2.75) is 52.5 Å². The molecule has 2 rings (SSSR count). The van der Waals surface area contributed by atoms with E-state index in [1.165, 1.54) is 0 Å². The average Bonchev–Trinajstić information content (AvgIpc) is 2.69. The number of amides is 1. The number of unbranched alkanes of at least 4 members (excludes halogenated alkanes) is 1. The Morgan fingerprint density at radius 1 is 1.14 bits per heavy atom. The molecule has 0 unspecified atom stereocenters. The maximum Gasteiger partial charge on any atom is 0.226 e. The predicted octanol–water partition coefficient (Wildman–Crippen LogP) is 3.69. The fraction of sp³-hybridized carbons (Fsp3) is 0.619. The van der Waals surface area contributed by atoms with Crippen molar-refractivity contribution in [3.63, 3.8) is 0 Å². The number of carbonyl (C=O) groups is 1. The van der Waals surface area contributed by atoms with E-state index in [2.05, 4.69) is 34.7 Å². The number of hydrogen-bond acceptors (Lipinski definition) is 3. The minimum atomic E-state index is 0. The summed E-state index contributed by atoms with van der Waals surface area (Å²) in [4.78, 5) is 18.6. The van der Waals surface area contributed by atoms with Crippen LogP contribution in [0.1, 0.15) is 51.5 Å². The molecule has 0 radical (unpaired) electrons. The van der Waals surface area contributed by atoms with Gasteiger partial charge in [-0.3, -0.25) is 4.79 Å². The number of aliphatic imine (C=N–C) groups is 1. The zero-order chi connectivity index (χ0) is 19.3. The van der Waals surface area contributed by atoms with Gasteiger partial charge in [-0.05, 0) is 57.2 Å². The summed E-state index contributed by atoms with van der Waals surface area (Å²) in [6, 6.07) is 8.18. The zero-order valence-electron chi connectivity index (χ0n) is 17.2. The number of carbonyl (C=O) groups excluding carboxylic acids is 1. The van der Waals surface area contributed by atoms with Crippen molar-refractivity contribution in [1.82, 2.24) is 10.6 Å². The summed E-state index contributed by atoms with van der Waals surface area (Å²) in [6.45, 7) is 8.84. The molecule has 1 aliphatic rings. The van der Waals surface area contributed by atoms with E-state index >= 15 is 0 Å². The highest BCUT2D eigenvalue weighted by Crippen LogP contribution is 2.21. The Bertz CT molecular complexity index is 593. The number of ether oxygens (including phenoxy) is 1. The Morgan fingerprint density at radius 3 is 2.61 bits per heavy atom. The monoisotopic (exact) mass is 502 g/mol. The van der Waals surface area contributed by atoms with Crippen LogP contribution in [0, 0.1) is 0 Å². The molecule has 0 atom stereocenters. The number of guanidine groups is 1. The number of nitrogens with one attached hydrogen (secondary N) is 2. The van der Waals surface area contributed by atoms with E-state index in [0.717, 1.165) is 75.7 Å². The molecule has 0 aromatic heterocycles. The molecule has 0 aliphatic carbocycles. The molecule has 1 amide bonds. The zero-order valence-corrected chi connectivity index (χ0v) is 19.5. The molecule has 1 aromatic carbocycles. The minimum Gasteiger partial charge on any atom is -0.382 e. The van der Waals surface area contributed by atoms with Crippen LogP contribution in [0.4, 0.5) is 5.69 Å². The van der Waals surface area contributed by atoms with Crippen LogP contribution in [0.5, 0.6) is 0 Å². The fourth-order valence-corrected chi connectivity index (χ4v) is 3.05. The van der Waals surface area contributed by atoms with E-state index < -0.39 is 0 Å². The molecule has 0 spiro atoms. The number of halogens is 1. The first-order valence-electron chi connectivity index (χ1n) is 10.2. The van der Waals surface area contributed by atoms with Gasteiger partial charge in [-0.25, -0.2) is 4.99 Å². The van der Waals surface area contributed by atoms with Crippen LogP contribution >= 0.6 is 24.0 Å². The lowest BCUT2D eigenvalue weighted by Gasteiger charge is -2.26. The summed E-state index contributed by atoms with van der Waals surface area (Å²) in [6.07, 6.45) is 4.86. The first kappa shape index (κ1) is 24.7. The van der Waals surface area contributed by atoms with Gasteiger partial charge in [-0.2, -0.15) is 0 Å². The molecule has 1 saturated heterocycles. The van der Waals surface area contributed by atoms with Crippen LogP contribution in [0.3, 0.4) is 0 Å². The third-order valence-electron chi connectivity index (χ3n) is 4.55. The third-order valence-corrected chi connectivity index (χ3v) is 4.55. The highest BCUT2D eigenvalue weighted by molar-refractivity contribution is 14.0. The van der Waals surface area contributed by atoms with Crippen LogP contribution in [0.15, 0.2) is 29.3 Å². The topological polar surface area (TPSA) is 66.0 Å². The summed E-state index contributed by atoms with van der Waals surface area (Å²) >= 11 is 0. The van der Waals surface area contributed by atoms with E-state index in [0.29, 0.717) is 13.0 Å². The van der Waals surface area contributed by atoms with Gasteiger partial charge in [-0.15, -0.1) is 24.0 Å². The lowest BCUT2D eigenvalue weighted by atomic mass is 10.1. The first-order chi connectivity index (χ1) is 13.2. The number of benzene rings is 1. The van der Waals surface area contributed by atoms with Gasteiger partial charge in [0.25, 0.3) is 0 Å². The summed E-state index contributed by atoms with van der Waals surface area (Å²) in [5.74, 6) is 1.07. The summed E-state index contributed by atoms with van der Waals surface area (Å²) in [5.41, 5.74) is 2.13. The van der Waals surface area contributed by atoms with Crippen molar-refractivity contribution in [2.24, 2.45) is 4.99 Å². The van der Waals surface area contributed by atoms with Gasteiger partial charge in [0.2, 0.25) is 5.91 Å². The molecular formula is C21H35IN4O2. The fourth-order valence-electron chi connectivity index (χ4n) is 3.05. The normalized spacial score (nSPS) is 14.6. The average molecular weight is 502 g/mol. The van der Waals surface area contributed by atoms with Crippen LogP contribution in [-0.2, 0) is 16.1 Å². The summed E-state index contributed by atoms with van der Waals surface area (Å²) in [5, 5.41) is 6.65. The Balaban J connectivity index is 0.00000392. The molecule has 28 heavy (non-hydrogen) atoms. The molecule has 7 heteroatoms. The van der Waals surface area contributed by atoms with Crippen LogP contribution in [-0.4, -0.2) is 44.7 Å². The van der Waals surface area contributed by atoms with Crippen molar-refractivity contribution in [1.29, 1.82) is 0 Å². The number of anilines is 1. The molecular weight excluding hydrogens is 467 g/mol. The Morgan fingerprint density at radius 2 is 1.93 bits per heavy atom. The second kappa shape index (κ2) is 14.6. The van der Waals surface area contributed by atoms with Gasteiger partial charge < -0.3 is 20.3 Å². The molecule has 0 saturated carbocycles. The number of nitrogens with zero attached hydrogens (tertiary/aromatic N) is 2. The standard InChI is InChI=1S/C21H34N4O2.HI/c1-3-22-21(23-14-6-8-16-27-4-2)24-17-18-10-12-19(13-11-18)25-15-7-5-9-20(25)26;/h10-13H,3-9,14-17H2,1-2H3,(H2,22,23,24);1H. The van der Waals surface area contributed by atoms with E-state index in [9.17, 15) is 4.79 Å². The van der Waals surface area contributed by atoms with Crippen LogP contribution in [0.25, 0.3) is 0 Å².